The monoisotopic (exact) mass is 361 g/mol. The third kappa shape index (κ3) is 3.79. The van der Waals surface area contributed by atoms with Gasteiger partial charge >= 0.3 is 5.97 Å². The first kappa shape index (κ1) is 18.5. The molecule has 2 unspecified atom stereocenters. The molecular formula is C20H27NO5. The first-order valence-electron chi connectivity index (χ1n) is 9.21. The quantitative estimate of drug-likeness (QED) is 0.755. The Morgan fingerprint density at radius 2 is 1.81 bits per heavy atom. The van der Waals surface area contributed by atoms with E-state index >= 15 is 0 Å². The zero-order valence-corrected chi connectivity index (χ0v) is 15.7. The molecule has 6 heteroatoms. The van der Waals surface area contributed by atoms with Gasteiger partial charge in [-0.05, 0) is 43.4 Å². The molecule has 0 bridgehead atoms. The third-order valence-electron chi connectivity index (χ3n) is 5.48. The molecule has 142 valence electrons. The Bertz CT molecular complexity index is 668. The van der Waals surface area contributed by atoms with Gasteiger partial charge in [0.1, 0.15) is 0 Å². The Hall–Kier alpha value is -2.24. The van der Waals surface area contributed by atoms with Crippen molar-refractivity contribution < 1.29 is 23.8 Å². The van der Waals surface area contributed by atoms with Crippen LogP contribution < -0.4 is 9.47 Å². The van der Waals surface area contributed by atoms with Crippen molar-refractivity contribution in [1.29, 1.82) is 0 Å². The van der Waals surface area contributed by atoms with E-state index in [1.807, 2.05) is 18.2 Å². The number of amides is 1. The largest absolute Gasteiger partial charge is 0.493 e. The second kappa shape index (κ2) is 7.98. The summed E-state index contributed by atoms with van der Waals surface area (Å²) in [5, 5.41) is 0. The van der Waals surface area contributed by atoms with E-state index in [2.05, 4.69) is 0 Å². The van der Waals surface area contributed by atoms with Crippen molar-refractivity contribution in [2.45, 2.75) is 44.6 Å². The maximum absolute atomic E-state index is 12.2. The van der Waals surface area contributed by atoms with Crippen LogP contribution in [-0.4, -0.2) is 50.2 Å². The molecule has 1 aromatic carbocycles. The summed E-state index contributed by atoms with van der Waals surface area (Å²) in [6.45, 7) is 2.42. The van der Waals surface area contributed by atoms with Crippen molar-refractivity contribution in [1.82, 2.24) is 4.90 Å². The van der Waals surface area contributed by atoms with E-state index in [-0.39, 0.29) is 29.8 Å². The SMILES string of the molecule is COC(=O)C1CN(C(C)=O)CC1c1ccc(OC)c(OC2CCCC2)c1. The molecule has 1 aliphatic carbocycles. The van der Waals surface area contributed by atoms with Gasteiger partial charge in [-0.2, -0.15) is 0 Å². The van der Waals surface area contributed by atoms with Crippen molar-refractivity contribution in [3.05, 3.63) is 23.8 Å². The van der Waals surface area contributed by atoms with Crippen LogP contribution in [-0.2, 0) is 14.3 Å². The molecule has 0 N–H and O–H groups in total. The molecule has 1 aliphatic heterocycles. The van der Waals surface area contributed by atoms with Gasteiger partial charge in [-0.3, -0.25) is 9.59 Å². The highest BCUT2D eigenvalue weighted by atomic mass is 16.5. The molecule has 1 aromatic rings. The molecule has 0 radical (unpaired) electrons. The highest BCUT2D eigenvalue weighted by molar-refractivity contribution is 5.79. The molecule has 2 atom stereocenters. The molecule has 2 aliphatic rings. The molecule has 1 heterocycles. The molecule has 0 aromatic heterocycles. The molecule has 2 fully saturated rings. The van der Waals surface area contributed by atoms with Gasteiger partial charge in [0.05, 0.1) is 26.2 Å². The lowest BCUT2D eigenvalue weighted by Crippen LogP contribution is -2.27. The van der Waals surface area contributed by atoms with Crippen LogP contribution in [0.25, 0.3) is 0 Å². The van der Waals surface area contributed by atoms with E-state index in [0.717, 1.165) is 18.4 Å². The molecule has 1 saturated heterocycles. The standard InChI is InChI=1S/C20H27NO5/c1-13(22)21-11-16(17(12-21)20(23)25-3)14-8-9-18(24-2)19(10-14)26-15-6-4-5-7-15/h8-10,15-17H,4-7,11-12H2,1-3H3. The molecule has 3 rings (SSSR count). The zero-order chi connectivity index (χ0) is 18.7. The fraction of sp³-hybridized carbons (Fsp3) is 0.600. The van der Waals surface area contributed by atoms with E-state index in [0.29, 0.717) is 24.6 Å². The van der Waals surface area contributed by atoms with Crippen LogP contribution in [0.2, 0.25) is 0 Å². The topological polar surface area (TPSA) is 65.1 Å². The van der Waals surface area contributed by atoms with Gasteiger partial charge in [-0.25, -0.2) is 0 Å². The number of esters is 1. The van der Waals surface area contributed by atoms with Crippen molar-refractivity contribution in [3.63, 3.8) is 0 Å². The van der Waals surface area contributed by atoms with Gasteiger partial charge in [0, 0.05) is 25.9 Å². The average Bonchev–Trinajstić information content (AvgIpc) is 3.30. The summed E-state index contributed by atoms with van der Waals surface area (Å²) >= 11 is 0. The molecule has 6 nitrogen and oxygen atoms in total. The number of rotatable bonds is 5. The minimum Gasteiger partial charge on any atom is -0.493 e. The molecule has 1 saturated carbocycles. The Morgan fingerprint density at radius 1 is 1.08 bits per heavy atom. The van der Waals surface area contributed by atoms with E-state index in [4.69, 9.17) is 14.2 Å². The first-order valence-corrected chi connectivity index (χ1v) is 9.21. The number of likely N-dealkylation sites (tertiary alicyclic amines) is 1. The number of benzene rings is 1. The number of methoxy groups -OCH3 is 2. The van der Waals surface area contributed by atoms with Gasteiger partial charge in [0.2, 0.25) is 5.91 Å². The van der Waals surface area contributed by atoms with E-state index in [9.17, 15) is 9.59 Å². The van der Waals surface area contributed by atoms with Crippen LogP contribution in [0.3, 0.4) is 0 Å². The summed E-state index contributed by atoms with van der Waals surface area (Å²) in [6, 6.07) is 5.79. The number of ether oxygens (including phenoxy) is 3. The minimum absolute atomic E-state index is 0.0302. The van der Waals surface area contributed by atoms with Crippen molar-refractivity contribution >= 4 is 11.9 Å². The fourth-order valence-electron chi connectivity index (χ4n) is 3.99. The van der Waals surface area contributed by atoms with Crippen LogP contribution >= 0.6 is 0 Å². The number of carbonyl (C=O) groups excluding carboxylic acids is 2. The zero-order valence-electron chi connectivity index (χ0n) is 15.7. The van der Waals surface area contributed by atoms with Gasteiger partial charge in [0.15, 0.2) is 11.5 Å². The Kier molecular flexibility index (Phi) is 5.69. The predicted octanol–water partition coefficient (Wildman–Crippen LogP) is 2.75. The van der Waals surface area contributed by atoms with Gasteiger partial charge in [0.25, 0.3) is 0 Å². The number of carbonyl (C=O) groups is 2. The maximum Gasteiger partial charge on any atom is 0.311 e. The van der Waals surface area contributed by atoms with Crippen molar-refractivity contribution in [3.8, 4) is 11.5 Å². The summed E-state index contributed by atoms with van der Waals surface area (Å²) in [6.07, 6.45) is 4.70. The highest BCUT2D eigenvalue weighted by Gasteiger charge is 2.40. The Morgan fingerprint density at radius 3 is 2.42 bits per heavy atom. The number of hydrogen-bond acceptors (Lipinski definition) is 5. The minimum atomic E-state index is -0.364. The second-order valence-corrected chi connectivity index (χ2v) is 7.09. The summed E-state index contributed by atoms with van der Waals surface area (Å²) in [7, 11) is 3.01. The lowest BCUT2D eigenvalue weighted by Gasteiger charge is -2.20. The van der Waals surface area contributed by atoms with Gasteiger partial charge in [-0.1, -0.05) is 6.07 Å². The first-order chi connectivity index (χ1) is 12.5. The molecule has 26 heavy (non-hydrogen) atoms. The normalized spacial score (nSPS) is 23.1. The van der Waals surface area contributed by atoms with Gasteiger partial charge < -0.3 is 19.1 Å². The van der Waals surface area contributed by atoms with Crippen molar-refractivity contribution in [2.24, 2.45) is 5.92 Å². The second-order valence-electron chi connectivity index (χ2n) is 7.09. The molecule has 1 amide bonds. The van der Waals surface area contributed by atoms with Crippen LogP contribution in [0.15, 0.2) is 18.2 Å². The van der Waals surface area contributed by atoms with Crippen LogP contribution in [0.5, 0.6) is 11.5 Å². The third-order valence-corrected chi connectivity index (χ3v) is 5.48. The Balaban J connectivity index is 1.88. The van der Waals surface area contributed by atoms with E-state index < -0.39 is 0 Å². The lowest BCUT2D eigenvalue weighted by atomic mass is 9.89. The summed E-state index contributed by atoms with van der Waals surface area (Å²) in [5.74, 6) is 0.614. The van der Waals surface area contributed by atoms with Gasteiger partial charge in [-0.15, -0.1) is 0 Å². The summed E-state index contributed by atoms with van der Waals surface area (Å²) in [4.78, 5) is 25.7. The summed E-state index contributed by atoms with van der Waals surface area (Å²) < 4.78 is 16.6. The fourth-order valence-corrected chi connectivity index (χ4v) is 3.99. The van der Waals surface area contributed by atoms with E-state index in [1.54, 1.807) is 12.0 Å². The lowest BCUT2D eigenvalue weighted by molar-refractivity contribution is -0.145. The number of nitrogens with zero attached hydrogens (tertiary/aromatic N) is 1. The maximum atomic E-state index is 12.2. The van der Waals surface area contributed by atoms with E-state index in [1.165, 1.54) is 26.9 Å². The number of hydrogen-bond donors (Lipinski definition) is 0. The van der Waals surface area contributed by atoms with Crippen LogP contribution in [0.4, 0.5) is 0 Å². The Labute approximate surface area is 154 Å². The van der Waals surface area contributed by atoms with Crippen LogP contribution in [0.1, 0.15) is 44.1 Å². The summed E-state index contributed by atoms with van der Waals surface area (Å²) in [5.41, 5.74) is 0.970. The predicted molar refractivity (Wildman–Crippen MR) is 96.4 cm³/mol. The van der Waals surface area contributed by atoms with Crippen LogP contribution in [0, 0.1) is 5.92 Å². The van der Waals surface area contributed by atoms with Crippen molar-refractivity contribution in [2.75, 3.05) is 27.3 Å². The molecular weight excluding hydrogens is 334 g/mol. The average molecular weight is 361 g/mol. The molecule has 0 spiro atoms. The highest BCUT2D eigenvalue weighted by Crippen LogP contribution is 2.39. The smallest absolute Gasteiger partial charge is 0.311 e.